The number of nitrogens with two attached hydrogens (primary N) is 1. The van der Waals surface area contributed by atoms with Crippen LogP contribution in [-0.2, 0) is 19.1 Å². The number of rotatable bonds is 7. The van der Waals surface area contributed by atoms with Gasteiger partial charge in [0.05, 0.1) is 17.3 Å². The number of ketones is 2. The summed E-state index contributed by atoms with van der Waals surface area (Å²) in [7, 11) is -0.203. The van der Waals surface area contributed by atoms with E-state index in [0.29, 0.717) is 42.1 Å². The number of carbonyl (C=O) groups excluding carboxylic acids is 3. The number of hydrogen-bond donors (Lipinski definition) is 3. The summed E-state index contributed by atoms with van der Waals surface area (Å²) in [6.45, 7) is 2.43. The van der Waals surface area contributed by atoms with Crippen LogP contribution in [0.3, 0.4) is 0 Å². The number of fused-ring (bicyclic) bond motifs is 2. The van der Waals surface area contributed by atoms with E-state index in [1.807, 2.05) is 4.90 Å². The SMILES string of the molecule is CO[C@]12CCCN1C1=C(C(=O)C(NCCS(C)(C)O)=C(C)C1=O)C2COC(N)=O. The minimum absolute atomic E-state index is 0.141. The topological polar surface area (TPSA) is 131 Å². The molecule has 2 aliphatic heterocycles. The highest BCUT2D eigenvalue weighted by Gasteiger charge is 2.60. The van der Waals surface area contributed by atoms with Crippen molar-refractivity contribution in [2.75, 3.05) is 45.1 Å². The van der Waals surface area contributed by atoms with Gasteiger partial charge in [0.25, 0.3) is 0 Å². The van der Waals surface area contributed by atoms with Gasteiger partial charge in [-0.05, 0) is 32.3 Å². The summed E-state index contributed by atoms with van der Waals surface area (Å²) < 4.78 is 20.9. The first kappa shape index (κ1) is 21.7. The molecule has 4 N–H and O–H groups in total. The molecule has 9 nitrogen and oxygen atoms in total. The first-order valence-electron chi connectivity index (χ1n) is 9.50. The number of hydrogen-bond acceptors (Lipinski definition) is 8. The number of amides is 1. The maximum atomic E-state index is 13.4. The van der Waals surface area contributed by atoms with E-state index in [0.717, 1.165) is 6.42 Å². The molecule has 1 saturated heterocycles. The third kappa shape index (κ3) is 3.64. The van der Waals surface area contributed by atoms with Crippen LogP contribution in [0.4, 0.5) is 4.79 Å². The number of Topliss-reactive ketones (excluding diaryl/α,β-unsaturated/α-hetero) is 2. The molecule has 0 saturated carbocycles. The standard InChI is InChI=1S/C19H29N3O6S/c1-11-14(21-7-9-29(3,4)26)17(24)13-12(10-28-18(20)25)19(27-2)6-5-8-22(19)15(13)16(11)23/h12,21,26H,5-10H2,1-4H3,(H2,20,25)/t12?,19-/m0/s1. The van der Waals surface area contributed by atoms with Gasteiger partial charge in [-0.3, -0.25) is 9.59 Å². The maximum absolute atomic E-state index is 13.4. The Kier molecular flexibility index (Phi) is 5.72. The fourth-order valence-corrected chi connectivity index (χ4v) is 5.09. The molecule has 2 heterocycles. The van der Waals surface area contributed by atoms with Crippen molar-refractivity contribution in [3.05, 3.63) is 22.5 Å². The van der Waals surface area contributed by atoms with Crippen LogP contribution >= 0.6 is 10.3 Å². The third-order valence-corrected chi connectivity index (χ3v) is 7.05. The second-order valence-corrected chi connectivity index (χ2v) is 11.4. The number of carbonyl (C=O) groups is 3. The van der Waals surface area contributed by atoms with Crippen LogP contribution in [0, 0.1) is 5.92 Å². The van der Waals surface area contributed by atoms with E-state index in [2.05, 4.69) is 5.32 Å². The summed E-state index contributed by atoms with van der Waals surface area (Å²) in [5.41, 5.74) is 5.46. The molecule has 3 aliphatic rings. The molecule has 1 aliphatic carbocycles. The Balaban J connectivity index is 1.96. The molecule has 29 heavy (non-hydrogen) atoms. The van der Waals surface area contributed by atoms with Gasteiger partial charge in [-0.25, -0.2) is 4.79 Å². The Hall–Kier alpha value is -2.04. The van der Waals surface area contributed by atoms with Crippen LogP contribution in [-0.4, -0.2) is 77.9 Å². The normalized spacial score (nSPS) is 27.3. The van der Waals surface area contributed by atoms with Gasteiger partial charge in [0.15, 0.2) is 5.72 Å². The zero-order valence-electron chi connectivity index (χ0n) is 17.2. The molecule has 0 spiro atoms. The zero-order valence-corrected chi connectivity index (χ0v) is 18.1. The maximum Gasteiger partial charge on any atom is 0.404 e. The first-order chi connectivity index (χ1) is 13.5. The largest absolute Gasteiger partial charge is 0.449 e. The van der Waals surface area contributed by atoms with Crippen LogP contribution in [0.1, 0.15) is 19.8 Å². The van der Waals surface area contributed by atoms with Gasteiger partial charge in [-0.15, -0.1) is 10.3 Å². The molecule has 0 aromatic rings. The molecule has 0 aromatic heterocycles. The lowest BCUT2D eigenvalue weighted by Crippen LogP contribution is -2.48. The summed E-state index contributed by atoms with van der Waals surface area (Å²) in [4.78, 5) is 39.7. The summed E-state index contributed by atoms with van der Waals surface area (Å²) >= 11 is 0. The highest BCUT2D eigenvalue weighted by Crippen LogP contribution is 2.52. The fourth-order valence-electron chi connectivity index (χ4n) is 4.49. The van der Waals surface area contributed by atoms with E-state index in [1.54, 1.807) is 19.4 Å². The van der Waals surface area contributed by atoms with Crippen LogP contribution in [0.25, 0.3) is 0 Å². The van der Waals surface area contributed by atoms with Gasteiger partial charge in [0, 0.05) is 37.1 Å². The van der Waals surface area contributed by atoms with Gasteiger partial charge in [0.2, 0.25) is 11.6 Å². The van der Waals surface area contributed by atoms with Crippen molar-refractivity contribution < 1.29 is 28.4 Å². The summed E-state index contributed by atoms with van der Waals surface area (Å²) in [5.74, 6) is -0.660. The lowest BCUT2D eigenvalue weighted by atomic mass is 9.82. The minimum atomic E-state index is -1.74. The predicted octanol–water partition coefficient (Wildman–Crippen LogP) is 0.957. The molecule has 1 fully saturated rings. The second kappa shape index (κ2) is 7.66. The first-order valence-corrected chi connectivity index (χ1v) is 12.1. The molecule has 1 amide bonds. The Bertz CT molecular complexity index is 815. The van der Waals surface area contributed by atoms with Gasteiger partial charge in [0.1, 0.15) is 6.61 Å². The average molecular weight is 428 g/mol. The van der Waals surface area contributed by atoms with Crippen LogP contribution in [0.15, 0.2) is 22.5 Å². The number of primary amides is 1. The van der Waals surface area contributed by atoms with Crippen molar-refractivity contribution in [1.82, 2.24) is 10.2 Å². The summed E-state index contributed by atoms with van der Waals surface area (Å²) in [5, 5.41) is 3.05. The van der Waals surface area contributed by atoms with Crippen molar-refractivity contribution in [2.24, 2.45) is 11.7 Å². The molecule has 0 radical (unpaired) electrons. The highest BCUT2D eigenvalue weighted by molar-refractivity contribution is 8.28. The lowest BCUT2D eigenvalue weighted by molar-refractivity contribution is -0.132. The molecular formula is C19H29N3O6S. The van der Waals surface area contributed by atoms with Crippen molar-refractivity contribution >= 4 is 28.0 Å². The molecule has 162 valence electrons. The number of nitrogens with one attached hydrogen (secondary N) is 1. The Labute approximate surface area is 171 Å². The molecule has 0 aromatic carbocycles. The number of allylic oxidation sites excluding steroid dienone is 2. The van der Waals surface area contributed by atoms with Crippen LogP contribution in [0.2, 0.25) is 0 Å². The molecule has 10 heteroatoms. The average Bonchev–Trinajstić information content (AvgIpc) is 3.16. The smallest absolute Gasteiger partial charge is 0.404 e. The molecule has 3 rings (SSSR count). The lowest BCUT2D eigenvalue weighted by Gasteiger charge is -2.37. The molecular weight excluding hydrogens is 398 g/mol. The van der Waals surface area contributed by atoms with E-state index in [9.17, 15) is 18.9 Å². The number of ether oxygens (including phenoxy) is 2. The fraction of sp³-hybridized carbons (Fsp3) is 0.632. The minimum Gasteiger partial charge on any atom is -0.449 e. The summed E-state index contributed by atoms with van der Waals surface area (Å²) in [6.07, 6.45) is 3.97. The Morgan fingerprint density at radius 3 is 2.66 bits per heavy atom. The number of methoxy groups -OCH3 is 1. The van der Waals surface area contributed by atoms with Gasteiger partial charge in [-0.2, -0.15) is 0 Å². The second-order valence-electron chi connectivity index (χ2n) is 8.02. The quantitative estimate of drug-likeness (QED) is 0.512. The van der Waals surface area contributed by atoms with Gasteiger partial charge in [-0.1, -0.05) is 0 Å². The van der Waals surface area contributed by atoms with Crippen molar-refractivity contribution in [3.63, 3.8) is 0 Å². The molecule has 1 unspecified atom stereocenters. The van der Waals surface area contributed by atoms with E-state index >= 15 is 0 Å². The monoisotopic (exact) mass is 427 g/mol. The van der Waals surface area contributed by atoms with Crippen molar-refractivity contribution in [2.45, 2.75) is 25.5 Å². The van der Waals surface area contributed by atoms with E-state index < -0.39 is 28.0 Å². The third-order valence-electron chi connectivity index (χ3n) is 5.84. The van der Waals surface area contributed by atoms with Gasteiger partial charge < -0.3 is 30.0 Å². The predicted molar refractivity (Wildman–Crippen MR) is 109 cm³/mol. The van der Waals surface area contributed by atoms with E-state index in [1.165, 1.54) is 7.11 Å². The highest BCUT2D eigenvalue weighted by atomic mass is 32.3. The van der Waals surface area contributed by atoms with Gasteiger partial charge >= 0.3 is 6.09 Å². The van der Waals surface area contributed by atoms with Crippen LogP contribution < -0.4 is 11.1 Å². The molecule has 2 atom stereocenters. The Morgan fingerprint density at radius 1 is 1.38 bits per heavy atom. The van der Waals surface area contributed by atoms with Crippen LogP contribution in [0.5, 0.6) is 0 Å². The molecule has 0 bridgehead atoms. The van der Waals surface area contributed by atoms with Crippen molar-refractivity contribution in [1.29, 1.82) is 0 Å². The van der Waals surface area contributed by atoms with E-state index in [-0.39, 0.29) is 23.9 Å². The number of nitrogens with zero attached hydrogens (tertiary/aromatic N) is 1. The Morgan fingerprint density at radius 2 is 2.07 bits per heavy atom. The van der Waals surface area contributed by atoms with Crippen molar-refractivity contribution in [3.8, 4) is 0 Å². The zero-order chi connectivity index (χ0) is 21.6. The summed E-state index contributed by atoms with van der Waals surface area (Å²) in [6, 6.07) is 0. The van der Waals surface area contributed by atoms with E-state index in [4.69, 9.17) is 15.2 Å².